The monoisotopic (exact) mass is 457 g/mol. The molecule has 2 N–H and O–H groups in total. The molecule has 0 saturated carbocycles. The van der Waals surface area contributed by atoms with Crippen molar-refractivity contribution in [2.75, 3.05) is 7.05 Å². The van der Waals surface area contributed by atoms with Gasteiger partial charge < -0.3 is 19.9 Å². The van der Waals surface area contributed by atoms with Gasteiger partial charge in [-0.2, -0.15) is 0 Å². The van der Waals surface area contributed by atoms with Crippen LogP contribution in [0, 0.1) is 0 Å². The van der Waals surface area contributed by atoms with E-state index in [0.717, 1.165) is 21.3 Å². The molecule has 0 spiro atoms. The Morgan fingerprint density at radius 2 is 2.10 bits per heavy atom. The molecule has 2 amide bonds. The molecule has 0 radical (unpaired) electrons. The minimum absolute atomic E-state index is 0.240. The van der Waals surface area contributed by atoms with Crippen molar-refractivity contribution in [1.82, 2.24) is 15.2 Å². The van der Waals surface area contributed by atoms with Crippen LogP contribution in [0.1, 0.15) is 40.5 Å². The second kappa shape index (κ2) is 7.69. The highest BCUT2D eigenvalue weighted by atomic mass is 35.5. The molecule has 1 saturated heterocycles. The molecule has 1 fully saturated rings. The van der Waals surface area contributed by atoms with Crippen molar-refractivity contribution in [2.45, 2.75) is 37.5 Å². The number of ether oxygens (including phenoxy) is 1. The second-order valence-electron chi connectivity index (χ2n) is 7.91. The average Bonchev–Trinajstić information content (AvgIpc) is 3.48. The number of amides is 2. The normalized spacial score (nSPS) is 22.4. The summed E-state index contributed by atoms with van der Waals surface area (Å²) in [4.78, 5) is 43.1. The number of carbonyl (C=O) groups excluding carboxylic acids is 3. The number of halogens is 1. The van der Waals surface area contributed by atoms with Crippen LogP contribution in [-0.2, 0) is 20.7 Å². The van der Waals surface area contributed by atoms with Crippen LogP contribution in [0.25, 0.3) is 10.2 Å². The minimum atomic E-state index is -0.762. The lowest BCUT2D eigenvalue weighted by Gasteiger charge is -2.32. The van der Waals surface area contributed by atoms with Gasteiger partial charge in [-0.15, -0.1) is 11.3 Å². The Kier molecular flexibility index (Phi) is 4.98. The number of aromatic amines is 1. The molecule has 1 aromatic carbocycles. The number of esters is 1. The van der Waals surface area contributed by atoms with E-state index < -0.39 is 6.10 Å². The zero-order chi connectivity index (χ0) is 21.7. The molecule has 5 rings (SSSR count). The average molecular weight is 458 g/mol. The van der Waals surface area contributed by atoms with E-state index >= 15 is 0 Å². The number of rotatable bonds is 4. The molecule has 2 aliphatic rings. The van der Waals surface area contributed by atoms with Gasteiger partial charge in [-0.25, -0.2) is 0 Å². The Hall–Kier alpha value is -2.84. The van der Waals surface area contributed by atoms with E-state index in [9.17, 15) is 14.4 Å². The molecule has 3 heterocycles. The number of H-pyrrole nitrogens is 1. The Morgan fingerprint density at radius 1 is 1.29 bits per heavy atom. The van der Waals surface area contributed by atoms with Gasteiger partial charge in [0.2, 0.25) is 0 Å². The number of carbonyl (C=O) groups is 3. The third kappa shape index (κ3) is 3.59. The summed E-state index contributed by atoms with van der Waals surface area (Å²) in [6.45, 7) is 0. The Labute approximate surface area is 187 Å². The van der Waals surface area contributed by atoms with Crippen molar-refractivity contribution in [3.05, 3.63) is 57.6 Å². The van der Waals surface area contributed by atoms with Crippen LogP contribution in [0.5, 0.6) is 0 Å². The fraction of sp³-hybridized carbons (Fsp3) is 0.318. The van der Waals surface area contributed by atoms with Crippen molar-refractivity contribution in [3.8, 4) is 0 Å². The van der Waals surface area contributed by atoms with Crippen molar-refractivity contribution < 1.29 is 19.1 Å². The smallest absolute Gasteiger partial charge is 0.306 e. The quantitative estimate of drug-likeness (QED) is 0.587. The lowest BCUT2D eigenvalue weighted by molar-refractivity contribution is -0.153. The van der Waals surface area contributed by atoms with E-state index in [1.54, 1.807) is 18.0 Å². The first kappa shape index (κ1) is 20.1. The van der Waals surface area contributed by atoms with E-state index in [-0.39, 0.29) is 36.3 Å². The highest BCUT2D eigenvalue weighted by molar-refractivity contribution is 7.22. The number of hydrogen-bond acceptors (Lipinski definition) is 5. The topological polar surface area (TPSA) is 91.5 Å². The van der Waals surface area contributed by atoms with Crippen LogP contribution >= 0.6 is 22.9 Å². The van der Waals surface area contributed by atoms with Gasteiger partial charge in [0.1, 0.15) is 10.5 Å². The molecule has 2 aromatic heterocycles. The summed E-state index contributed by atoms with van der Waals surface area (Å²) >= 11 is 7.40. The first-order valence-electron chi connectivity index (χ1n) is 10.0. The summed E-state index contributed by atoms with van der Waals surface area (Å²) in [6.07, 6.45) is 0.478. The number of likely N-dealkylation sites (N-methyl/N-ethyl adjacent to an activating group) is 1. The highest BCUT2D eigenvalue weighted by Crippen LogP contribution is 2.37. The number of nitrogens with one attached hydrogen (secondary N) is 2. The Bertz CT molecular complexity index is 1170. The molecule has 9 heteroatoms. The molecular weight excluding hydrogens is 438 g/mol. The molecule has 1 aliphatic heterocycles. The second-order valence-corrected chi connectivity index (χ2v) is 9.60. The van der Waals surface area contributed by atoms with Crippen molar-refractivity contribution in [1.29, 1.82) is 0 Å². The molecule has 31 heavy (non-hydrogen) atoms. The van der Waals surface area contributed by atoms with Gasteiger partial charge >= 0.3 is 5.97 Å². The molecule has 0 unspecified atom stereocenters. The highest BCUT2D eigenvalue weighted by Gasteiger charge is 2.41. The van der Waals surface area contributed by atoms with Gasteiger partial charge in [-0.1, -0.05) is 35.9 Å². The number of cyclic esters (lactones) is 1. The fourth-order valence-electron chi connectivity index (χ4n) is 4.51. The van der Waals surface area contributed by atoms with Crippen molar-refractivity contribution in [3.63, 3.8) is 0 Å². The van der Waals surface area contributed by atoms with E-state index in [1.807, 2.05) is 30.3 Å². The van der Waals surface area contributed by atoms with Crippen LogP contribution in [-0.4, -0.2) is 46.9 Å². The standard InChI is InChI=1S/C22H20ClN3O4S/c1-26(22(29)16-6-7-18(27)30-16)19-13-5-3-2-4-11(13)8-14(19)24-20(28)15-9-12-10-17(23)31-21(12)25-15/h2-5,9-10,14,16,19,25H,6-8H2,1H3,(H,24,28)/t14-,16+,19+/m1/s1. The Balaban J connectivity index is 1.39. The predicted molar refractivity (Wildman–Crippen MR) is 117 cm³/mol. The maximum atomic E-state index is 13.0. The van der Waals surface area contributed by atoms with E-state index in [1.165, 1.54) is 11.3 Å². The molecular formula is C22H20ClN3O4S. The first-order valence-corrected chi connectivity index (χ1v) is 11.2. The van der Waals surface area contributed by atoms with E-state index in [2.05, 4.69) is 10.3 Å². The number of benzene rings is 1. The molecule has 7 nitrogen and oxygen atoms in total. The summed E-state index contributed by atoms with van der Waals surface area (Å²) in [7, 11) is 1.70. The molecule has 160 valence electrons. The SMILES string of the molecule is CN(C(=O)[C@@H]1CCC(=O)O1)[C@H]1c2ccccc2C[C@H]1NC(=O)c1cc2cc(Cl)sc2[nH]1. The number of nitrogens with zero attached hydrogens (tertiary/aromatic N) is 1. The zero-order valence-corrected chi connectivity index (χ0v) is 18.3. The zero-order valence-electron chi connectivity index (χ0n) is 16.7. The van der Waals surface area contributed by atoms with Crippen LogP contribution in [0.4, 0.5) is 0 Å². The van der Waals surface area contributed by atoms with Gasteiger partial charge in [0.05, 0.1) is 16.4 Å². The van der Waals surface area contributed by atoms with Crippen LogP contribution in [0.15, 0.2) is 36.4 Å². The lowest BCUT2D eigenvalue weighted by atomic mass is 10.0. The summed E-state index contributed by atoms with van der Waals surface area (Å²) in [5, 5.41) is 3.98. The first-order chi connectivity index (χ1) is 14.9. The largest absolute Gasteiger partial charge is 0.452 e. The predicted octanol–water partition coefficient (Wildman–Crippen LogP) is 3.44. The molecule has 0 bridgehead atoms. The summed E-state index contributed by atoms with van der Waals surface area (Å²) in [5.74, 6) is -0.840. The van der Waals surface area contributed by atoms with Crippen LogP contribution < -0.4 is 5.32 Å². The van der Waals surface area contributed by atoms with Crippen LogP contribution in [0.3, 0.4) is 0 Å². The maximum Gasteiger partial charge on any atom is 0.306 e. The fourth-order valence-corrected chi connectivity index (χ4v) is 5.63. The molecule has 1 aliphatic carbocycles. The third-order valence-corrected chi connectivity index (χ3v) is 7.15. The van der Waals surface area contributed by atoms with Gasteiger partial charge in [0.15, 0.2) is 6.10 Å². The number of thiophene rings is 1. The van der Waals surface area contributed by atoms with E-state index in [4.69, 9.17) is 16.3 Å². The molecule has 3 atom stereocenters. The van der Waals surface area contributed by atoms with Gasteiger partial charge in [0.25, 0.3) is 11.8 Å². The third-order valence-electron chi connectivity index (χ3n) is 5.96. The van der Waals surface area contributed by atoms with E-state index in [0.29, 0.717) is 22.9 Å². The summed E-state index contributed by atoms with van der Waals surface area (Å²) in [5.41, 5.74) is 2.53. The summed E-state index contributed by atoms with van der Waals surface area (Å²) in [6, 6.07) is 10.8. The van der Waals surface area contributed by atoms with Crippen molar-refractivity contribution in [2.24, 2.45) is 0 Å². The molecule has 3 aromatic rings. The maximum absolute atomic E-state index is 13.0. The minimum Gasteiger partial charge on any atom is -0.452 e. The van der Waals surface area contributed by atoms with Gasteiger partial charge in [0, 0.05) is 25.3 Å². The lowest BCUT2D eigenvalue weighted by Crippen LogP contribution is -2.47. The summed E-state index contributed by atoms with van der Waals surface area (Å²) < 4.78 is 5.84. The number of aromatic nitrogens is 1. The van der Waals surface area contributed by atoms with Crippen LogP contribution in [0.2, 0.25) is 4.34 Å². The van der Waals surface area contributed by atoms with Gasteiger partial charge in [-0.3, -0.25) is 14.4 Å². The Morgan fingerprint density at radius 3 is 2.84 bits per heavy atom. The number of hydrogen-bond donors (Lipinski definition) is 2. The van der Waals surface area contributed by atoms with Gasteiger partial charge in [-0.05, 0) is 29.7 Å². The van der Waals surface area contributed by atoms with Crippen molar-refractivity contribution >= 4 is 50.9 Å². The number of fused-ring (bicyclic) bond motifs is 2.